The van der Waals surface area contributed by atoms with Crippen LogP contribution in [-0.4, -0.2) is 22.7 Å². The monoisotopic (exact) mass is 224 g/mol. The number of nitro benzene ring substituents is 1. The number of hydrogen-bond acceptors (Lipinski definition) is 4. The standard InChI is InChI=1S/C11H16N2O3/c1-2-9(14)7-8-12-10-5-3-4-6-11(10)13(15)16/h3-6,9,12,14H,2,7-8H2,1H3. The summed E-state index contributed by atoms with van der Waals surface area (Å²) in [5.74, 6) is 0. The summed E-state index contributed by atoms with van der Waals surface area (Å²) in [7, 11) is 0. The van der Waals surface area contributed by atoms with Crippen LogP contribution < -0.4 is 5.32 Å². The second kappa shape index (κ2) is 6.07. The van der Waals surface area contributed by atoms with Crippen LogP contribution in [0, 0.1) is 10.1 Å². The largest absolute Gasteiger partial charge is 0.393 e. The Hall–Kier alpha value is -1.62. The molecular formula is C11H16N2O3. The number of para-hydroxylation sites is 2. The molecule has 0 saturated heterocycles. The van der Waals surface area contributed by atoms with Gasteiger partial charge in [0.25, 0.3) is 5.69 Å². The highest BCUT2D eigenvalue weighted by atomic mass is 16.6. The van der Waals surface area contributed by atoms with Gasteiger partial charge in [-0.3, -0.25) is 10.1 Å². The molecule has 0 spiro atoms. The van der Waals surface area contributed by atoms with Gasteiger partial charge in [-0.2, -0.15) is 0 Å². The van der Waals surface area contributed by atoms with Crippen molar-refractivity contribution in [1.82, 2.24) is 0 Å². The average molecular weight is 224 g/mol. The Bertz CT molecular complexity index is 355. The van der Waals surface area contributed by atoms with Crippen LogP contribution >= 0.6 is 0 Å². The van der Waals surface area contributed by atoms with Gasteiger partial charge in [0.2, 0.25) is 0 Å². The van der Waals surface area contributed by atoms with E-state index in [1.165, 1.54) is 6.07 Å². The molecule has 0 saturated carbocycles. The zero-order valence-corrected chi connectivity index (χ0v) is 9.22. The number of nitrogens with one attached hydrogen (secondary N) is 1. The molecule has 2 N–H and O–H groups in total. The zero-order chi connectivity index (χ0) is 12.0. The molecule has 0 bridgehead atoms. The summed E-state index contributed by atoms with van der Waals surface area (Å²) in [6.45, 7) is 2.43. The van der Waals surface area contributed by atoms with Gasteiger partial charge in [0.1, 0.15) is 5.69 Å². The van der Waals surface area contributed by atoms with Crippen LogP contribution in [0.2, 0.25) is 0 Å². The number of aliphatic hydroxyl groups is 1. The van der Waals surface area contributed by atoms with Gasteiger partial charge in [-0.25, -0.2) is 0 Å². The predicted molar refractivity (Wildman–Crippen MR) is 62.5 cm³/mol. The lowest BCUT2D eigenvalue weighted by atomic mass is 10.2. The Morgan fingerprint density at radius 1 is 1.50 bits per heavy atom. The van der Waals surface area contributed by atoms with Crippen molar-refractivity contribution in [1.29, 1.82) is 0 Å². The minimum Gasteiger partial charge on any atom is -0.393 e. The number of benzene rings is 1. The summed E-state index contributed by atoms with van der Waals surface area (Å²) in [6, 6.07) is 6.49. The second-order valence-electron chi connectivity index (χ2n) is 3.55. The van der Waals surface area contributed by atoms with Crippen LogP contribution in [0.3, 0.4) is 0 Å². The van der Waals surface area contributed by atoms with Crippen LogP contribution in [0.15, 0.2) is 24.3 Å². The van der Waals surface area contributed by atoms with Crippen LogP contribution in [0.25, 0.3) is 0 Å². The molecule has 1 rings (SSSR count). The van der Waals surface area contributed by atoms with Crippen LogP contribution in [0.5, 0.6) is 0 Å². The van der Waals surface area contributed by atoms with E-state index in [1.54, 1.807) is 18.2 Å². The molecule has 0 aliphatic carbocycles. The van der Waals surface area contributed by atoms with Crippen LogP contribution in [-0.2, 0) is 0 Å². The van der Waals surface area contributed by atoms with E-state index in [4.69, 9.17) is 0 Å². The molecule has 1 aromatic carbocycles. The Morgan fingerprint density at radius 3 is 2.81 bits per heavy atom. The van der Waals surface area contributed by atoms with E-state index >= 15 is 0 Å². The quantitative estimate of drug-likeness (QED) is 0.573. The van der Waals surface area contributed by atoms with Gasteiger partial charge in [-0.1, -0.05) is 19.1 Å². The third kappa shape index (κ3) is 3.51. The van der Waals surface area contributed by atoms with E-state index in [0.717, 1.165) is 0 Å². The first-order valence-electron chi connectivity index (χ1n) is 5.30. The molecule has 5 heteroatoms. The van der Waals surface area contributed by atoms with Crippen molar-refractivity contribution in [2.45, 2.75) is 25.9 Å². The Morgan fingerprint density at radius 2 is 2.19 bits per heavy atom. The first kappa shape index (κ1) is 12.4. The molecule has 88 valence electrons. The fourth-order valence-corrected chi connectivity index (χ4v) is 1.36. The molecule has 0 aliphatic rings. The molecule has 5 nitrogen and oxygen atoms in total. The lowest BCUT2D eigenvalue weighted by Crippen LogP contribution is -2.12. The summed E-state index contributed by atoms with van der Waals surface area (Å²) in [5, 5.41) is 23.0. The van der Waals surface area contributed by atoms with E-state index in [-0.39, 0.29) is 11.8 Å². The molecule has 1 aromatic rings. The molecule has 0 aromatic heterocycles. The minimum atomic E-state index is -0.418. The molecule has 0 heterocycles. The third-order valence-corrected chi connectivity index (χ3v) is 2.37. The maximum Gasteiger partial charge on any atom is 0.292 e. The average Bonchev–Trinajstić information content (AvgIpc) is 2.29. The van der Waals surface area contributed by atoms with E-state index in [2.05, 4.69) is 5.32 Å². The fraction of sp³-hybridized carbons (Fsp3) is 0.455. The fourth-order valence-electron chi connectivity index (χ4n) is 1.36. The summed E-state index contributed by atoms with van der Waals surface area (Å²) < 4.78 is 0. The van der Waals surface area contributed by atoms with Gasteiger partial charge >= 0.3 is 0 Å². The number of rotatable bonds is 6. The van der Waals surface area contributed by atoms with E-state index < -0.39 is 4.92 Å². The van der Waals surface area contributed by atoms with Crippen LogP contribution in [0.4, 0.5) is 11.4 Å². The zero-order valence-electron chi connectivity index (χ0n) is 9.22. The van der Waals surface area contributed by atoms with Crippen molar-refractivity contribution < 1.29 is 10.0 Å². The molecule has 0 amide bonds. The van der Waals surface area contributed by atoms with Crippen molar-refractivity contribution in [3.63, 3.8) is 0 Å². The van der Waals surface area contributed by atoms with Gasteiger partial charge < -0.3 is 10.4 Å². The molecule has 1 atom stereocenters. The van der Waals surface area contributed by atoms with E-state index in [0.29, 0.717) is 25.1 Å². The smallest absolute Gasteiger partial charge is 0.292 e. The van der Waals surface area contributed by atoms with Gasteiger partial charge in [0, 0.05) is 12.6 Å². The third-order valence-electron chi connectivity index (χ3n) is 2.37. The summed E-state index contributed by atoms with van der Waals surface area (Å²) in [4.78, 5) is 10.3. The molecular weight excluding hydrogens is 208 g/mol. The van der Waals surface area contributed by atoms with Crippen molar-refractivity contribution in [3.05, 3.63) is 34.4 Å². The number of aliphatic hydroxyl groups excluding tert-OH is 1. The SMILES string of the molecule is CCC(O)CCNc1ccccc1[N+](=O)[O-]. The highest BCUT2D eigenvalue weighted by molar-refractivity contribution is 5.60. The summed E-state index contributed by atoms with van der Waals surface area (Å²) >= 11 is 0. The van der Waals surface area contributed by atoms with Crippen molar-refractivity contribution in [2.75, 3.05) is 11.9 Å². The Balaban J connectivity index is 2.56. The van der Waals surface area contributed by atoms with Crippen molar-refractivity contribution in [3.8, 4) is 0 Å². The van der Waals surface area contributed by atoms with Gasteiger partial charge in [-0.15, -0.1) is 0 Å². The number of nitro groups is 1. The number of anilines is 1. The first-order chi connectivity index (χ1) is 7.65. The van der Waals surface area contributed by atoms with Crippen LogP contribution in [0.1, 0.15) is 19.8 Å². The lowest BCUT2D eigenvalue weighted by molar-refractivity contribution is -0.384. The normalized spacial score (nSPS) is 12.1. The summed E-state index contributed by atoms with van der Waals surface area (Å²) in [5.41, 5.74) is 0.560. The first-order valence-corrected chi connectivity index (χ1v) is 5.30. The molecule has 0 aliphatic heterocycles. The topological polar surface area (TPSA) is 75.4 Å². The van der Waals surface area contributed by atoms with Gasteiger partial charge in [0.05, 0.1) is 11.0 Å². The van der Waals surface area contributed by atoms with Crippen molar-refractivity contribution in [2.24, 2.45) is 0 Å². The molecule has 1 unspecified atom stereocenters. The minimum absolute atomic E-state index is 0.0634. The highest BCUT2D eigenvalue weighted by Gasteiger charge is 2.11. The highest BCUT2D eigenvalue weighted by Crippen LogP contribution is 2.22. The van der Waals surface area contributed by atoms with Gasteiger partial charge in [0.15, 0.2) is 0 Å². The molecule has 0 radical (unpaired) electrons. The van der Waals surface area contributed by atoms with Gasteiger partial charge in [-0.05, 0) is 18.9 Å². The maximum atomic E-state index is 10.7. The molecule has 16 heavy (non-hydrogen) atoms. The Kier molecular flexibility index (Phi) is 4.72. The van der Waals surface area contributed by atoms with E-state index in [1.807, 2.05) is 6.92 Å². The molecule has 0 fully saturated rings. The van der Waals surface area contributed by atoms with E-state index in [9.17, 15) is 15.2 Å². The van der Waals surface area contributed by atoms with Crippen molar-refractivity contribution >= 4 is 11.4 Å². The lowest BCUT2D eigenvalue weighted by Gasteiger charge is -2.09. The predicted octanol–water partition coefficient (Wildman–Crippen LogP) is 2.17. The second-order valence-corrected chi connectivity index (χ2v) is 3.55. The number of hydrogen-bond donors (Lipinski definition) is 2. The maximum absolute atomic E-state index is 10.7. The summed E-state index contributed by atoms with van der Waals surface area (Å²) in [6.07, 6.45) is 0.927. The number of nitrogens with zero attached hydrogens (tertiary/aromatic N) is 1. The Labute approximate surface area is 94.3 Å².